The van der Waals surface area contributed by atoms with Gasteiger partial charge in [0.25, 0.3) is 0 Å². The fraction of sp³-hybridized carbons (Fsp3) is 0.357. The molecule has 204 valence electrons. The third-order valence-electron chi connectivity index (χ3n) is 6.34. The minimum atomic E-state index is -3.40. The summed E-state index contributed by atoms with van der Waals surface area (Å²) in [6, 6.07) is 12.8. The van der Waals surface area contributed by atoms with Gasteiger partial charge >= 0.3 is 0 Å². The number of phenols is 1. The maximum Gasteiger partial charge on any atom is 0.232 e. The van der Waals surface area contributed by atoms with E-state index in [4.69, 9.17) is 4.98 Å². The van der Waals surface area contributed by atoms with Crippen molar-refractivity contribution in [1.29, 1.82) is 0 Å². The SMILES string of the molecule is CCNCC.CCc1cc(O)ccc1-c1cc2[nH]ncc2c(NCc2c(C)cccc2N(C)S(C)(=O)=O)n1. The second kappa shape index (κ2) is 12.7. The van der Waals surface area contributed by atoms with E-state index in [-0.39, 0.29) is 5.75 Å². The number of aromatic nitrogens is 3. The van der Waals surface area contributed by atoms with Crippen molar-refractivity contribution < 1.29 is 13.5 Å². The maximum absolute atomic E-state index is 12.2. The molecule has 2 aromatic carbocycles. The number of hydrogen-bond donors (Lipinski definition) is 4. The number of aryl methyl sites for hydroxylation is 2. The van der Waals surface area contributed by atoms with Crippen LogP contribution in [0, 0.1) is 6.92 Å². The summed E-state index contributed by atoms with van der Waals surface area (Å²) in [7, 11) is -1.85. The van der Waals surface area contributed by atoms with E-state index in [1.807, 2.05) is 38.1 Å². The number of hydrogen-bond acceptors (Lipinski definition) is 7. The molecule has 9 nitrogen and oxygen atoms in total. The minimum Gasteiger partial charge on any atom is -0.508 e. The van der Waals surface area contributed by atoms with E-state index >= 15 is 0 Å². The van der Waals surface area contributed by atoms with Crippen molar-refractivity contribution in [2.24, 2.45) is 0 Å². The van der Waals surface area contributed by atoms with Gasteiger partial charge in [-0.15, -0.1) is 0 Å². The fourth-order valence-electron chi connectivity index (χ4n) is 4.15. The molecule has 0 aliphatic heterocycles. The molecule has 2 heterocycles. The van der Waals surface area contributed by atoms with Crippen LogP contribution in [0.15, 0.2) is 48.7 Å². The number of anilines is 2. The van der Waals surface area contributed by atoms with Crippen LogP contribution in [0.3, 0.4) is 0 Å². The molecule has 0 radical (unpaired) electrons. The molecule has 0 fully saturated rings. The largest absolute Gasteiger partial charge is 0.508 e. The summed E-state index contributed by atoms with van der Waals surface area (Å²) in [4.78, 5) is 4.87. The van der Waals surface area contributed by atoms with Gasteiger partial charge in [-0.2, -0.15) is 5.10 Å². The number of nitrogens with one attached hydrogen (secondary N) is 3. The van der Waals surface area contributed by atoms with E-state index in [0.29, 0.717) is 18.1 Å². The summed E-state index contributed by atoms with van der Waals surface area (Å²) in [5.41, 5.74) is 5.97. The van der Waals surface area contributed by atoms with Crippen molar-refractivity contribution in [3.63, 3.8) is 0 Å². The molecule has 0 unspecified atom stereocenters. The third-order valence-corrected chi connectivity index (χ3v) is 7.53. The van der Waals surface area contributed by atoms with Crippen LogP contribution in [0.25, 0.3) is 22.2 Å². The summed E-state index contributed by atoms with van der Waals surface area (Å²) in [5, 5.41) is 24.4. The van der Waals surface area contributed by atoms with E-state index in [0.717, 1.165) is 58.4 Å². The topological polar surface area (TPSA) is 123 Å². The zero-order chi connectivity index (χ0) is 27.9. The predicted octanol–water partition coefficient (Wildman–Crippen LogP) is 4.83. The lowest BCUT2D eigenvalue weighted by atomic mass is 10.0. The van der Waals surface area contributed by atoms with E-state index in [1.54, 1.807) is 31.4 Å². The van der Waals surface area contributed by atoms with Crippen LogP contribution in [0.2, 0.25) is 0 Å². The Morgan fingerprint density at radius 1 is 1.08 bits per heavy atom. The highest BCUT2D eigenvalue weighted by Crippen LogP contribution is 2.32. The average Bonchev–Trinajstić information content (AvgIpc) is 3.36. The standard InChI is InChI=1S/C24H27N5O3S.C4H11N/c1-5-16-11-17(30)9-10-18(16)21-12-22-20(14-26-28-22)24(27-21)25-13-19-15(2)7-6-8-23(19)29(3)33(4,31)32;1-3-5-4-2/h6-12,14,30H,5,13H2,1-4H3,(H,25,27)(H,26,28);5H,3-4H2,1-2H3. The van der Waals surface area contributed by atoms with Crippen LogP contribution < -0.4 is 14.9 Å². The molecule has 2 aromatic heterocycles. The fourth-order valence-corrected chi connectivity index (χ4v) is 4.68. The number of nitrogens with zero attached hydrogens (tertiary/aromatic N) is 3. The van der Waals surface area contributed by atoms with Crippen LogP contribution in [-0.2, 0) is 23.0 Å². The molecule has 0 aliphatic rings. The molecule has 0 aliphatic carbocycles. The lowest BCUT2D eigenvalue weighted by Crippen LogP contribution is -2.26. The Kier molecular flexibility index (Phi) is 9.71. The van der Waals surface area contributed by atoms with Crippen molar-refractivity contribution in [3.8, 4) is 17.0 Å². The van der Waals surface area contributed by atoms with Gasteiger partial charge in [-0.3, -0.25) is 9.40 Å². The molecule has 10 heteroatoms. The Morgan fingerprint density at radius 3 is 2.45 bits per heavy atom. The first-order valence-electron chi connectivity index (χ1n) is 12.7. The van der Waals surface area contributed by atoms with E-state index < -0.39 is 10.0 Å². The monoisotopic (exact) mass is 538 g/mol. The van der Waals surface area contributed by atoms with Crippen LogP contribution in [0.4, 0.5) is 11.5 Å². The van der Waals surface area contributed by atoms with Gasteiger partial charge in [0.2, 0.25) is 10.0 Å². The Morgan fingerprint density at radius 2 is 1.82 bits per heavy atom. The number of benzene rings is 2. The minimum absolute atomic E-state index is 0.221. The Bertz CT molecular complexity index is 1480. The van der Waals surface area contributed by atoms with Gasteiger partial charge in [0, 0.05) is 19.2 Å². The number of aromatic hydroxyl groups is 1. The van der Waals surface area contributed by atoms with Gasteiger partial charge in [0.15, 0.2) is 0 Å². The van der Waals surface area contributed by atoms with Crippen molar-refractivity contribution in [2.75, 3.05) is 36.0 Å². The molecule has 0 bridgehead atoms. The molecule has 0 amide bonds. The van der Waals surface area contributed by atoms with Crippen LogP contribution in [-0.4, -0.2) is 55.1 Å². The molecule has 38 heavy (non-hydrogen) atoms. The quantitative estimate of drug-likeness (QED) is 0.241. The van der Waals surface area contributed by atoms with Crippen LogP contribution in [0.1, 0.15) is 37.5 Å². The number of fused-ring (bicyclic) bond motifs is 1. The maximum atomic E-state index is 12.2. The molecule has 0 saturated heterocycles. The van der Waals surface area contributed by atoms with Crippen LogP contribution >= 0.6 is 0 Å². The van der Waals surface area contributed by atoms with E-state index in [1.165, 1.54) is 10.6 Å². The number of H-pyrrole nitrogens is 1. The van der Waals surface area contributed by atoms with Crippen molar-refractivity contribution in [2.45, 2.75) is 40.7 Å². The Balaban J connectivity index is 0.000000732. The first-order chi connectivity index (χ1) is 18.1. The van der Waals surface area contributed by atoms with Gasteiger partial charge in [0.1, 0.15) is 11.6 Å². The first kappa shape index (κ1) is 28.9. The normalized spacial score (nSPS) is 11.2. The second-order valence-electron chi connectivity index (χ2n) is 9.00. The lowest BCUT2D eigenvalue weighted by Gasteiger charge is -2.22. The molecule has 0 saturated carbocycles. The molecule has 0 spiro atoms. The number of rotatable bonds is 9. The smallest absolute Gasteiger partial charge is 0.232 e. The van der Waals surface area contributed by atoms with E-state index in [9.17, 15) is 13.5 Å². The molecule has 4 rings (SSSR count). The number of aromatic amines is 1. The summed E-state index contributed by atoms with van der Waals surface area (Å²) < 4.78 is 25.6. The Labute approximate surface area is 225 Å². The van der Waals surface area contributed by atoms with Gasteiger partial charge in [0.05, 0.1) is 34.7 Å². The number of pyridine rings is 1. The molecular formula is C28H38N6O3S. The molecule has 4 N–H and O–H groups in total. The van der Waals surface area contributed by atoms with Crippen LogP contribution in [0.5, 0.6) is 5.75 Å². The van der Waals surface area contributed by atoms with Crippen molar-refractivity contribution >= 4 is 32.4 Å². The highest BCUT2D eigenvalue weighted by molar-refractivity contribution is 7.92. The van der Waals surface area contributed by atoms with E-state index in [2.05, 4.69) is 34.7 Å². The zero-order valence-electron chi connectivity index (χ0n) is 23.0. The molecule has 4 aromatic rings. The second-order valence-corrected chi connectivity index (χ2v) is 11.0. The highest BCUT2D eigenvalue weighted by Gasteiger charge is 2.18. The lowest BCUT2D eigenvalue weighted by molar-refractivity contribution is 0.474. The summed E-state index contributed by atoms with van der Waals surface area (Å²) >= 11 is 0. The van der Waals surface area contributed by atoms with Crippen molar-refractivity contribution in [1.82, 2.24) is 20.5 Å². The van der Waals surface area contributed by atoms with Crippen molar-refractivity contribution in [3.05, 3.63) is 65.4 Å². The summed E-state index contributed by atoms with van der Waals surface area (Å²) in [6.07, 6.45) is 3.66. The molecular weight excluding hydrogens is 500 g/mol. The predicted molar refractivity (Wildman–Crippen MR) is 156 cm³/mol. The van der Waals surface area contributed by atoms with Gasteiger partial charge < -0.3 is 15.7 Å². The third kappa shape index (κ3) is 6.81. The number of sulfonamides is 1. The average molecular weight is 539 g/mol. The number of phenolic OH excluding ortho intramolecular Hbond substituents is 1. The summed E-state index contributed by atoms with van der Waals surface area (Å²) in [6.45, 7) is 10.8. The first-order valence-corrected chi connectivity index (χ1v) is 14.6. The zero-order valence-corrected chi connectivity index (χ0v) is 23.8. The highest BCUT2D eigenvalue weighted by atomic mass is 32.2. The van der Waals surface area contributed by atoms with Gasteiger partial charge in [-0.1, -0.05) is 32.9 Å². The summed E-state index contributed by atoms with van der Waals surface area (Å²) in [5.74, 6) is 0.862. The van der Waals surface area contributed by atoms with Gasteiger partial charge in [-0.25, -0.2) is 13.4 Å². The van der Waals surface area contributed by atoms with Gasteiger partial charge in [-0.05, 0) is 73.5 Å². The Hall–Kier alpha value is -3.63. The molecule has 0 atom stereocenters.